The standard InChI is InChI=1S/C19H40INO3/c1-10-24-19(9,20)18(7,8)14(2)13-23-15(3)17(5,6)11-12-22-16(4)21/h14-16H,10-13,21H2,1-9H3. The molecule has 146 valence electrons. The molecule has 0 heterocycles. The lowest BCUT2D eigenvalue weighted by Gasteiger charge is -2.44. The second-order valence-electron chi connectivity index (χ2n) is 8.26. The van der Waals surface area contributed by atoms with Crippen LogP contribution in [0.25, 0.3) is 0 Å². The Morgan fingerprint density at radius 2 is 1.54 bits per heavy atom. The van der Waals surface area contributed by atoms with Gasteiger partial charge in [0.05, 0.1) is 12.7 Å². The van der Waals surface area contributed by atoms with Gasteiger partial charge in [0, 0.05) is 18.6 Å². The Bertz CT molecular complexity index is 357. The number of nitrogens with two attached hydrogens (primary N) is 1. The van der Waals surface area contributed by atoms with Gasteiger partial charge >= 0.3 is 0 Å². The number of hydrogen-bond acceptors (Lipinski definition) is 4. The van der Waals surface area contributed by atoms with Gasteiger partial charge in [0.15, 0.2) is 0 Å². The molecule has 0 aromatic heterocycles. The number of rotatable bonds is 12. The maximum atomic E-state index is 6.24. The summed E-state index contributed by atoms with van der Waals surface area (Å²) < 4.78 is 17.5. The van der Waals surface area contributed by atoms with Crippen LogP contribution in [0.2, 0.25) is 0 Å². The fraction of sp³-hybridized carbons (Fsp3) is 1.00. The molecule has 0 aliphatic heterocycles. The zero-order chi connectivity index (χ0) is 19.2. The van der Waals surface area contributed by atoms with Crippen molar-refractivity contribution in [3.05, 3.63) is 0 Å². The van der Waals surface area contributed by atoms with Crippen LogP contribution in [0.5, 0.6) is 0 Å². The van der Waals surface area contributed by atoms with Crippen molar-refractivity contribution in [2.24, 2.45) is 22.5 Å². The fourth-order valence-corrected chi connectivity index (χ4v) is 3.17. The first-order valence-electron chi connectivity index (χ1n) is 9.09. The van der Waals surface area contributed by atoms with E-state index >= 15 is 0 Å². The molecule has 0 amide bonds. The van der Waals surface area contributed by atoms with Crippen LogP contribution >= 0.6 is 22.6 Å². The van der Waals surface area contributed by atoms with Crippen LogP contribution in [0.1, 0.15) is 68.7 Å². The first kappa shape index (κ1) is 24.6. The number of hydrogen-bond donors (Lipinski definition) is 1. The van der Waals surface area contributed by atoms with Crippen LogP contribution in [0.4, 0.5) is 0 Å². The Kier molecular flexibility index (Phi) is 10.3. The molecule has 0 fully saturated rings. The van der Waals surface area contributed by atoms with Crippen molar-refractivity contribution in [3.63, 3.8) is 0 Å². The molecule has 0 aliphatic rings. The van der Waals surface area contributed by atoms with Crippen LogP contribution in [0.15, 0.2) is 0 Å². The van der Waals surface area contributed by atoms with E-state index in [1.807, 2.05) is 13.8 Å². The van der Waals surface area contributed by atoms with Gasteiger partial charge in [-0.25, -0.2) is 0 Å². The van der Waals surface area contributed by atoms with Crippen LogP contribution in [0.3, 0.4) is 0 Å². The van der Waals surface area contributed by atoms with Gasteiger partial charge in [-0.15, -0.1) is 0 Å². The maximum absolute atomic E-state index is 6.24. The predicted molar refractivity (Wildman–Crippen MR) is 110 cm³/mol. The first-order valence-corrected chi connectivity index (χ1v) is 10.2. The fourth-order valence-electron chi connectivity index (χ4n) is 2.33. The molecular weight excluding hydrogens is 417 g/mol. The van der Waals surface area contributed by atoms with E-state index in [1.54, 1.807) is 0 Å². The van der Waals surface area contributed by atoms with Gasteiger partial charge in [-0.3, -0.25) is 0 Å². The van der Waals surface area contributed by atoms with Crippen LogP contribution in [-0.2, 0) is 14.2 Å². The molecule has 0 aliphatic carbocycles. The highest BCUT2D eigenvalue weighted by Crippen LogP contribution is 2.45. The van der Waals surface area contributed by atoms with Crippen molar-refractivity contribution in [1.82, 2.24) is 0 Å². The van der Waals surface area contributed by atoms with Gasteiger partial charge in [-0.2, -0.15) is 0 Å². The molecule has 4 nitrogen and oxygen atoms in total. The number of halogens is 1. The summed E-state index contributed by atoms with van der Waals surface area (Å²) in [4.78, 5) is 0. The third-order valence-electron chi connectivity index (χ3n) is 5.62. The van der Waals surface area contributed by atoms with E-state index in [0.717, 1.165) is 19.6 Å². The molecule has 0 spiro atoms. The second-order valence-corrected chi connectivity index (χ2v) is 10.3. The molecule has 0 rings (SSSR count). The lowest BCUT2D eigenvalue weighted by molar-refractivity contribution is -0.0931. The monoisotopic (exact) mass is 457 g/mol. The normalized spacial score (nSPS) is 19.6. The third kappa shape index (κ3) is 7.44. The van der Waals surface area contributed by atoms with E-state index in [9.17, 15) is 0 Å². The lowest BCUT2D eigenvalue weighted by Crippen LogP contribution is -2.45. The minimum atomic E-state index is -0.216. The third-order valence-corrected chi connectivity index (χ3v) is 7.32. The van der Waals surface area contributed by atoms with E-state index < -0.39 is 0 Å². The summed E-state index contributed by atoms with van der Waals surface area (Å²) in [5.41, 5.74) is 5.70. The molecule has 0 radical (unpaired) electrons. The van der Waals surface area contributed by atoms with E-state index in [1.165, 1.54) is 0 Å². The van der Waals surface area contributed by atoms with Crippen molar-refractivity contribution in [1.29, 1.82) is 0 Å². The molecule has 0 bridgehead atoms. The van der Waals surface area contributed by atoms with E-state index in [0.29, 0.717) is 12.5 Å². The summed E-state index contributed by atoms with van der Waals surface area (Å²) in [6, 6.07) is 0. The first-order chi connectivity index (χ1) is 10.8. The van der Waals surface area contributed by atoms with Crippen molar-refractivity contribution < 1.29 is 14.2 Å². The lowest BCUT2D eigenvalue weighted by atomic mass is 9.76. The van der Waals surface area contributed by atoms with Gasteiger partial charge in [-0.1, -0.05) is 34.6 Å². The molecule has 24 heavy (non-hydrogen) atoms. The average Bonchev–Trinajstić information content (AvgIpc) is 2.43. The highest BCUT2D eigenvalue weighted by atomic mass is 127. The molecule has 0 aromatic carbocycles. The molecule has 5 heteroatoms. The highest BCUT2D eigenvalue weighted by Gasteiger charge is 2.44. The Balaban J connectivity index is 4.59. The van der Waals surface area contributed by atoms with Gasteiger partial charge in [-0.05, 0) is 68.0 Å². The largest absolute Gasteiger partial charge is 0.378 e. The molecule has 2 N–H and O–H groups in total. The van der Waals surface area contributed by atoms with Crippen molar-refractivity contribution in [3.8, 4) is 0 Å². The Labute approximate surface area is 163 Å². The summed E-state index contributed by atoms with van der Waals surface area (Å²) >= 11 is 2.43. The molecule has 0 aromatic rings. The minimum absolute atomic E-state index is 0.00548. The summed E-state index contributed by atoms with van der Waals surface area (Å²) in [5.74, 6) is 0.379. The van der Waals surface area contributed by atoms with E-state index in [-0.39, 0.29) is 26.8 Å². The topological polar surface area (TPSA) is 53.7 Å². The summed E-state index contributed by atoms with van der Waals surface area (Å²) in [5, 5.41) is 0. The Morgan fingerprint density at radius 1 is 1.00 bits per heavy atom. The molecular formula is C19H40INO3. The molecule has 0 saturated carbocycles. The number of ether oxygens (including phenoxy) is 3. The Morgan fingerprint density at radius 3 is 2.00 bits per heavy atom. The van der Waals surface area contributed by atoms with E-state index in [4.69, 9.17) is 19.9 Å². The summed E-state index contributed by atoms with van der Waals surface area (Å²) in [6.45, 7) is 21.5. The average molecular weight is 457 g/mol. The minimum Gasteiger partial charge on any atom is -0.378 e. The van der Waals surface area contributed by atoms with E-state index in [2.05, 4.69) is 71.1 Å². The molecule has 4 unspecified atom stereocenters. The quantitative estimate of drug-likeness (QED) is 0.255. The summed E-state index contributed by atoms with van der Waals surface area (Å²) in [6.07, 6.45) is 0.869. The summed E-state index contributed by atoms with van der Waals surface area (Å²) in [7, 11) is 0. The van der Waals surface area contributed by atoms with Crippen molar-refractivity contribution in [2.45, 2.75) is 84.7 Å². The predicted octanol–water partition coefficient (Wildman–Crippen LogP) is 4.98. The van der Waals surface area contributed by atoms with Crippen LogP contribution in [0, 0.1) is 16.7 Å². The highest BCUT2D eigenvalue weighted by molar-refractivity contribution is 14.1. The van der Waals surface area contributed by atoms with Crippen LogP contribution in [-0.4, -0.2) is 35.8 Å². The van der Waals surface area contributed by atoms with Gasteiger partial charge in [0.25, 0.3) is 0 Å². The second kappa shape index (κ2) is 10.0. The SMILES string of the molecule is CCOC(C)(I)C(C)(C)C(C)COC(C)C(C)(C)CCOC(C)N. The van der Waals surface area contributed by atoms with Crippen molar-refractivity contribution >= 4 is 22.6 Å². The van der Waals surface area contributed by atoms with Gasteiger partial charge in [0.2, 0.25) is 0 Å². The molecule has 4 atom stereocenters. The zero-order valence-corrected chi connectivity index (χ0v) is 19.4. The maximum Gasteiger partial charge on any atom is 0.121 e. The van der Waals surface area contributed by atoms with Crippen molar-refractivity contribution in [2.75, 3.05) is 19.8 Å². The van der Waals surface area contributed by atoms with Gasteiger partial charge < -0.3 is 19.9 Å². The number of alkyl halides is 1. The Hall–Kier alpha value is 0.570. The zero-order valence-electron chi connectivity index (χ0n) is 17.2. The smallest absolute Gasteiger partial charge is 0.121 e. The molecule has 0 saturated heterocycles. The van der Waals surface area contributed by atoms with Crippen LogP contribution < -0.4 is 5.73 Å². The van der Waals surface area contributed by atoms with Gasteiger partial charge in [0.1, 0.15) is 9.84 Å².